The number of methoxy groups -OCH3 is 1. The Morgan fingerprint density at radius 2 is 2.00 bits per heavy atom. The highest BCUT2D eigenvalue weighted by Crippen LogP contribution is 2.25. The first kappa shape index (κ1) is 18.7. The van der Waals surface area contributed by atoms with Crippen molar-refractivity contribution >= 4 is 11.6 Å². The number of hydrogen-bond acceptors (Lipinski definition) is 4. The number of oxime groups is 1. The van der Waals surface area contributed by atoms with Crippen LogP contribution in [0.5, 0.6) is 5.75 Å². The molecule has 1 aliphatic heterocycles. The molecule has 0 spiro atoms. The van der Waals surface area contributed by atoms with Gasteiger partial charge in [0.25, 0.3) is 0 Å². The molecular formula is C22H24N2O3. The molecule has 0 aliphatic carbocycles. The summed E-state index contributed by atoms with van der Waals surface area (Å²) >= 11 is 0. The fraction of sp³-hybridized carbons (Fsp3) is 0.273. The lowest BCUT2D eigenvalue weighted by molar-refractivity contribution is -0.131. The number of ether oxygens (including phenoxy) is 1. The number of hydrogen-bond donors (Lipinski definition) is 0. The van der Waals surface area contributed by atoms with E-state index in [-0.39, 0.29) is 12.0 Å². The van der Waals surface area contributed by atoms with Gasteiger partial charge in [-0.15, -0.1) is 6.58 Å². The lowest BCUT2D eigenvalue weighted by Gasteiger charge is -2.23. The van der Waals surface area contributed by atoms with E-state index in [1.807, 2.05) is 54.6 Å². The van der Waals surface area contributed by atoms with Gasteiger partial charge in [-0.05, 0) is 17.7 Å². The first-order valence-electron chi connectivity index (χ1n) is 9.00. The molecule has 2 aromatic carbocycles. The van der Waals surface area contributed by atoms with Crippen molar-refractivity contribution < 1.29 is 14.4 Å². The molecule has 2 aromatic rings. The maximum absolute atomic E-state index is 12.7. The fourth-order valence-corrected chi connectivity index (χ4v) is 3.13. The molecule has 0 N–H and O–H groups in total. The SMILES string of the molecule is C=CCN(CC1CC(c2ccccc2OC)=NO1)C(=O)Cc1ccccc1. The summed E-state index contributed by atoms with van der Waals surface area (Å²) in [6.45, 7) is 4.72. The average Bonchev–Trinajstić information content (AvgIpc) is 3.17. The largest absolute Gasteiger partial charge is 0.496 e. The van der Waals surface area contributed by atoms with Gasteiger partial charge in [0.2, 0.25) is 5.91 Å². The number of benzene rings is 2. The first-order valence-corrected chi connectivity index (χ1v) is 9.00. The Morgan fingerprint density at radius 3 is 2.74 bits per heavy atom. The maximum Gasteiger partial charge on any atom is 0.227 e. The Balaban J connectivity index is 1.63. The molecule has 1 amide bonds. The lowest BCUT2D eigenvalue weighted by atomic mass is 10.0. The minimum Gasteiger partial charge on any atom is -0.496 e. The smallest absolute Gasteiger partial charge is 0.227 e. The van der Waals surface area contributed by atoms with Crippen LogP contribution in [0.4, 0.5) is 0 Å². The topological polar surface area (TPSA) is 51.1 Å². The quantitative estimate of drug-likeness (QED) is 0.674. The van der Waals surface area contributed by atoms with Crippen LogP contribution in [0, 0.1) is 0 Å². The van der Waals surface area contributed by atoms with E-state index < -0.39 is 0 Å². The fourth-order valence-electron chi connectivity index (χ4n) is 3.13. The summed E-state index contributed by atoms with van der Waals surface area (Å²) in [4.78, 5) is 20.1. The summed E-state index contributed by atoms with van der Waals surface area (Å²) in [6, 6.07) is 17.5. The monoisotopic (exact) mass is 364 g/mol. The van der Waals surface area contributed by atoms with Gasteiger partial charge < -0.3 is 14.5 Å². The van der Waals surface area contributed by atoms with E-state index >= 15 is 0 Å². The second-order valence-corrected chi connectivity index (χ2v) is 6.42. The molecule has 1 aliphatic rings. The molecular weight excluding hydrogens is 340 g/mol. The molecule has 5 nitrogen and oxygen atoms in total. The van der Waals surface area contributed by atoms with Crippen LogP contribution in [-0.4, -0.2) is 42.8 Å². The Labute approximate surface area is 159 Å². The summed E-state index contributed by atoms with van der Waals surface area (Å²) in [5.41, 5.74) is 2.76. The summed E-state index contributed by atoms with van der Waals surface area (Å²) in [5, 5.41) is 4.23. The molecule has 0 radical (unpaired) electrons. The van der Waals surface area contributed by atoms with Crippen LogP contribution in [0.3, 0.4) is 0 Å². The molecule has 5 heteroatoms. The van der Waals surface area contributed by atoms with Gasteiger partial charge in [0.15, 0.2) is 6.10 Å². The number of amides is 1. The van der Waals surface area contributed by atoms with Gasteiger partial charge in [-0.2, -0.15) is 0 Å². The summed E-state index contributed by atoms with van der Waals surface area (Å²) < 4.78 is 5.40. The molecule has 1 heterocycles. The van der Waals surface area contributed by atoms with Gasteiger partial charge in [0.1, 0.15) is 5.75 Å². The van der Waals surface area contributed by atoms with Crippen LogP contribution >= 0.6 is 0 Å². The molecule has 1 atom stereocenters. The Kier molecular flexibility index (Phi) is 6.26. The van der Waals surface area contributed by atoms with Crippen molar-refractivity contribution in [2.45, 2.75) is 18.9 Å². The van der Waals surface area contributed by atoms with E-state index in [1.54, 1.807) is 18.1 Å². The highest BCUT2D eigenvalue weighted by atomic mass is 16.6. The Morgan fingerprint density at radius 1 is 1.26 bits per heavy atom. The molecule has 140 valence electrons. The number of nitrogens with zero attached hydrogens (tertiary/aromatic N) is 2. The van der Waals surface area contributed by atoms with Crippen LogP contribution in [-0.2, 0) is 16.1 Å². The Bertz CT molecular complexity index is 817. The van der Waals surface area contributed by atoms with Gasteiger partial charge in [0, 0.05) is 18.5 Å². The second kappa shape index (κ2) is 9.03. The summed E-state index contributed by atoms with van der Waals surface area (Å²) in [7, 11) is 1.64. The number of carbonyl (C=O) groups excluding carboxylic acids is 1. The average molecular weight is 364 g/mol. The van der Waals surface area contributed by atoms with Gasteiger partial charge in [-0.25, -0.2) is 0 Å². The highest BCUT2D eigenvalue weighted by Gasteiger charge is 2.27. The van der Waals surface area contributed by atoms with E-state index in [2.05, 4.69) is 11.7 Å². The van der Waals surface area contributed by atoms with Crippen LogP contribution in [0.15, 0.2) is 72.4 Å². The first-order chi connectivity index (χ1) is 13.2. The van der Waals surface area contributed by atoms with Crippen molar-refractivity contribution in [2.24, 2.45) is 5.16 Å². The minimum absolute atomic E-state index is 0.0513. The summed E-state index contributed by atoms with van der Waals surface area (Å²) in [6.07, 6.45) is 2.55. The van der Waals surface area contributed by atoms with Crippen molar-refractivity contribution in [3.63, 3.8) is 0 Å². The zero-order chi connectivity index (χ0) is 19.1. The van der Waals surface area contributed by atoms with Gasteiger partial charge >= 0.3 is 0 Å². The van der Waals surface area contributed by atoms with E-state index in [4.69, 9.17) is 9.57 Å². The number of para-hydroxylation sites is 1. The molecule has 0 saturated carbocycles. The van der Waals surface area contributed by atoms with Gasteiger partial charge in [-0.1, -0.05) is 53.7 Å². The summed E-state index contributed by atoms with van der Waals surface area (Å²) in [5.74, 6) is 0.819. The van der Waals surface area contributed by atoms with Gasteiger partial charge in [-0.3, -0.25) is 4.79 Å². The van der Waals surface area contributed by atoms with Crippen LogP contribution in [0.25, 0.3) is 0 Å². The second-order valence-electron chi connectivity index (χ2n) is 6.42. The number of rotatable bonds is 8. The van der Waals surface area contributed by atoms with E-state index in [1.165, 1.54) is 0 Å². The third kappa shape index (κ3) is 4.76. The Hall–Kier alpha value is -3.08. The van der Waals surface area contributed by atoms with Crippen molar-refractivity contribution in [1.82, 2.24) is 4.90 Å². The van der Waals surface area contributed by atoms with Crippen LogP contribution in [0.1, 0.15) is 17.5 Å². The van der Waals surface area contributed by atoms with Gasteiger partial charge in [0.05, 0.1) is 25.8 Å². The van der Waals surface area contributed by atoms with Crippen LogP contribution in [0.2, 0.25) is 0 Å². The lowest BCUT2D eigenvalue weighted by Crippen LogP contribution is -2.38. The van der Waals surface area contributed by atoms with Crippen molar-refractivity contribution in [1.29, 1.82) is 0 Å². The molecule has 27 heavy (non-hydrogen) atoms. The third-order valence-electron chi connectivity index (χ3n) is 4.48. The zero-order valence-electron chi connectivity index (χ0n) is 15.5. The van der Waals surface area contributed by atoms with Crippen LogP contribution < -0.4 is 4.74 Å². The maximum atomic E-state index is 12.7. The standard InChI is InChI=1S/C22H24N2O3/c1-3-13-24(22(25)14-17-9-5-4-6-10-17)16-18-15-20(23-27-18)19-11-7-8-12-21(19)26-2/h3-12,18H,1,13-16H2,2H3. The molecule has 0 fully saturated rings. The van der Waals surface area contributed by atoms with Crippen molar-refractivity contribution in [3.05, 3.63) is 78.4 Å². The zero-order valence-corrected chi connectivity index (χ0v) is 15.5. The third-order valence-corrected chi connectivity index (χ3v) is 4.48. The molecule has 1 unspecified atom stereocenters. The molecule has 0 saturated heterocycles. The predicted octanol–water partition coefficient (Wildman–Crippen LogP) is 3.45. The van der Waals surface area contributed by atoms with Crippen molar-refractivity contribution in [3.8, 4) is 5.75 Å². The van der Waals surface area contributed by atoms with E-state index in [0.29, 0.717) is 25.9 Å². The molecule has 0 bridgehead atoms. The predicted molar refractivity (Wildman–Crippen MR) is 106 cm³/mol. The normalized spacial score (nSPS) is 15.6. The molecule has 3 rings (SSSR count). The highest BCUT2D eigenvalue weighted by molar-refractivity contribution is 6.03. The van der Waals surface area contributed by atoms with E-state index in [9.17, 15) is 4.79 Å². The molecule has 0 aromatic heterocycles. The minimum atomic E-state index is -0.176. The number of carbonyl (C=O) groups is 1. The van der Waals surface area contributed by atoms with E-state index in [0.717, 1.165) is 22.6 Å². The van der Waals surface area contributed by atoms with Crippen molar-refractivity contribution in [2.75, 3.05) is 20.2 Å².